The maximum absolute atomic E-state index is 12.8. The van der Waals surface area contributed by atoms with Gasteiger partial charge in [0, 0.05) is 6.54 Å². The largest absolute Gasteiger partial charge is 0.344 e. The van der Waals surface area contributed by atoms with Gasteiger partial charge in [-0.25, -0.2) is 4.39 Å². The summed E-state index contributed by atoms with van der Waals surface area (Å²) in [5, 5.41) is 9.64. The molecule has 0 N–H and O–H groups in total. The van der Waals surface area contributed by atoms with Crippen molar-refractivity contribution in [1.29, 1.82) is 0 Å². The van der Waals surface area contributed by atoms with E-state index in [-0.39, 0.29) is 0 Å². The molecule has 0 aromatic carbocycles. The van der Waals surface area contributed by atoms with E-state index < -0.39 is 6.17 Å². The molecule has 12 heavy (non-hydrogen) atoms. The van der Waals surface area contributed by atoms with Crippen LogP contribution < -0.4 is 4.90 Å². The van der Waals surface area contributed by atoms with Crippen LogP contribution >= 0.6 is 11.3 Å². The summed E-state index contributed by atoms with van der Waals surface area (Å²) in [4.78, 5) is 1.95. The molecule has 5 heteroatoms. The van der Waals surface area contributed by atoms with Crippen LogP contribution in [0.2, 0.25) is 0 Å². The molecule has 1 aliphatic rings. The van der Waals surface area contributed by atoms with Crippen molar-refractivity contribution in [3.63, 3.8) is 0 Å². The van der Waals surface area contributed by atoms with Crippen LogP contribution in [0.3, 0.4) is 0 Å². The molecular formula is C7H10FN3S. The third-order valence-electron chi connectivity index (χ3n) is 1.92. The van der Waals surface area contributed by atoms with Crippen molar-refractivity contribution < 1.29 is 4.39 Å². The standard InChI is InChI=1S/C7H10FN3S/c1-5-9-10-7(12-5)11-3-2-6(8)4-11/h6H,2-4H2,1H3. The molecule has 3 nitrogen and oxygen atoms in total. The third kappa shape index (κ3) is 1.41. The van der Waals surface area contributed by atoms with Gasteiger partial charge in [-0.1, -0.05) is 11.3 Å². The average Bonchev–Trinajstić information content (AvgIpc) is 2.58. The lowest BCUT2D eigenvalue weighted by Gasteiger charge is -2.10. The van der Waals surface area contributed by atoms with E-state index in [9.17, 15) is 4.39 Å². The summed E-state index contributed by atoms with van der Waals surface area (Å²) < 4.78 is 12.8. The molecule has 0 bridgehead atoms. The van der Waals surface area contributed by atoms with Gasteiger partial charge in [0.05, 0.1) is 6.54 Å². The molecule has 0 aliphatic carbocycles. The van der Waals surface area contributed by atoms with Gasteiger partial charge in [-0.2, -0.15) is 0 Å². The SMILES string of the molecule is Cc1nnc(N2CCC(F)C2)s1. The van der Waals surface area contributed by atoms with Gasteiger partial charge >= 0.3 is 0 Å². The lowest BCUT2D eigenvalue weighted by Crippen LogP contribution is -2.19. The molecule has 1 aromatic rings. The first kappa shape index (κ1) is 7.91. The highest BCUT2D eigenvalue weighted by Gasteiger charge is 2.23. The first-order valence-electron chi connectivity index (χ1n) is 3.95. The van der Waals surface area contributed by atoms with Crippen LogP contribution in [0, 0.1) is 6.92 Å². The number of hydrogen-bond donors (Lipinski definition) is 0. The molecule has 1 fully saturated rings. The van der Waals surface area contributed by atoms with Gasteiger partial charge in [0.2, 0.25) is 5.13 Å². The van der Waals surface area contributed by atoms with Crippen LogP contribution in [0.25, 0.3) is 0 Å². The zero-order valence-electron chi connectivity index (χ0n) is 6.83. The van der Waals surface area contributed by atoms with E-state index in [0.717, 1.165) is 16.7 Å². The van der Waals surface area contributed by atoms with E-state index >= 15 is 0 Å². The van der Waals surface area contributed by atoms with E-state index in [1.807, 2.05) is 11.8 Å². The van der Waals surface area contributed by atoms with Gasteiger partial charge in [-0.15, -0.1) is 10.2 Å². The Morgan fingerprint density at radius 2 is 2.42 bits per heavy atom. The number of hydrogen-bond acceptors (Lipinski definition) is 4. The first-order valence-corrected chi connectivity index (χ1v) is 4.76. The topological polar surface area (TPSA) is 29.0 Å². The van der Waals surface area contributed by atoms with E-state index in [0.29, 0.717) is 13.0 Å². The lowest BCUT2D eigenvalue weighted by molar-refractivity contribution is 0.364. The quantitative estimate of drug-likeness (QED) is 0.665. The molecule has 1 atom stereocenters. The Kier molecular flexibility index (Phi) is 1.96. The maximum atomic E-state index is 12.8. The van der Waals surface area contributed by atoms with E-state index in [2.05, 4.69) is 10.2 Å². The Hall–Kier alpha value is -0.710. The van der Waals surface area contributed by atoms with Crippen LogP contribution in [-0.4, -0.2) is 29.5 Å². The maximum Gasteiger partial charge on any atom is 0.208 e. The summed E-state index contributed by atoms with van der Waals surface area (Å²) in [6.45, 7) is 3.16. The van der Waals surface area contributed by atoms with E-state index in [4.69, 9.17) is 0 Å². The molecule has 1 aliphatic heterocycles. The van der Waals surface area contributed by atoms with Gasteiger partial charge in [0.15, 0.2) is 0 Å². The number of rotatable bonds is 1. The molecule has 1 unspecified atom stereocenters. The third-order valence-corrected chi connectivity index (χ3v) is 2.82. The van der Waals surface area contributed by atoms with Crippen LogP contribution in [-0.2, 0) is 0 Å². The zero-order chi connectivity index (χ0) is 8.55. The molecule has 0 radical (unpaired) electrons. The Bertz CT molecular complexity index is 275. The predicted molar refractivity (Wildman–Crippen MR) is 46.4 cm³/mol. The molecule has 1 saturated heterocycles. The number of halogens is 1. The Labute approximate surface area is 74.2 Å². The average molecular weight is 187 g/mol. The smallest absolute Gasteiger partial charge is 0.208 e. The Morgan fingerprint density at radius 3 is 2.92 bits per heavy atom. The van der Waals surface area contributed by atoms with Gasteiger partial charge in [-0.05, 0) is 13.3 Å². The van der Waals surface area contributed by atoms with Gasteiger partial charge in [0.25, 0.3) is 0 Å². The van der Waals surface area contributed by atoms with Crippen molar-refractivity contribution in [2.45, 2.75) is 19.5 Å². The highest BCUT2D eigenvalue weighted by atomic mass is 32.1. The number of aryl methyl sites for hydroxylation is 1. The van der Waals surface area contributed by atoms with Crippen molar-refractivity contribution in [3.05, 3.63) is 5.01 Å². The second kappa shape index (κ2) is 2.97. The van der Waals surface area contributed by atoms with Crippen molar-refractivity contribution in [1.82, 2.24) is 10.2 Å². The Balaban J connectivity index is 2.11. The second-order valence-electron chi connectivity index (χ2n) is 2.94. The molecule has 2 rings (SSSR count). The monoisotopic (exact) mass is 187 g/mol. The van der Waals surface area contributed by atoms with Crippen molar-refractivity contribution >= 4 is 16.5 Å². The summed E-state index contributed by atoms with van der Waals surface area (Å²) in [6.07, 6.45) is -0.0623. The normalized spacial score (nSPS) is 23.5. The lowest BCUT2D eigenvalue weighted by atomic mass is 10.3. The molecule has 0 amide bonds. The summed E-state index contributed by atoms with van der Waals surface area (Å²) in [5.74, 6) is 0. The molecule has 66 valence electrons. The van der Waals surface area contributed by atoms with Crippen LogP contribution in [0.5, 0.6) is 0 Å². The number of aromatic nitrogens is 2. The summed E-state index contributed by atoms with van der Waals surface area (Å²) in [5.41, 5.74) is 0. The first-order chi connectivity index (χ1) is 5.75. The summed E-state index contributed by atoms with van der Waals surface area (Å²) in [7, 11) is 0. The van der Waals surface area contributed by atoms with Crippen LogP contribution in [0.4, 0.5) is 9.52 Å². The number of alkyl halides is 1. The fourth-order valence-corrected chi connectivity index (χ4v) is 2.03. The fraction of sp³-hybridized carbons (Fsp3) is 0.714. The fourth-order valence-electron chi connectivity index (χ4n) is 1.31. The van der Waals surface area contributed by atoms with Gasteiger partial charge in [-0.3, -0.25) is 0 Å². The zero-order valence-corrected chi connectivity index (χ0v) is 7.64. The second-order valence-corrected chi connectivity index (χ2v) is 4.10. The van der Waals surface area contributed by atoms with E-state index in [1.54, 1.807) is 0 Å². The van der Waals surface area contributed by atoms with Crippen molar-refractivity contribution in [2.75, 3.05) is 18.0 Å². The minimum Gasteiger partial charge on any atom is -0.344 e. The number of nitrogens with zero attached hydrogens (tertiary/aromatic N) is 3. The predicted octanol–water partition coefficient (Wildman–Crippen LogP) is 1.39. The van der Waals surface area contributed by atoms with Crippen LogP contribution in [0.1, 0.15) is 11.4 Å². The molecule has 0 saturated carbocycles. The summed E-state index contributed by atoms with van der Waals surface area (Å²) >= 11 is 1.52. The minimum atomic E-state index is -0.686. The minimum absolute atomic E-state index is 0.481. The molecular weight excluding hydrogens is 177 g/mol. The highest BCUT2D eigenvalue weighted by Crippen LogP contribution is 2.24. The van der Waals surface area contributed by atoms with Crippen molar-refractivity contribution in [3.8, 4) is 0 Å². The van der Waals surface area contributed by atoms with Gasteiger partial charge in [0.1, 0.15) is 11.2 Å². The molecule has 0 spiro atoms. The summed E-state index contributed by atoms with van der Waals surface area (Å²) in [6, 6.07) is 0. The molecule has 2 heterocycles. The van der Waals surface area contributed by atoms with Crippen LogP contribution in [0.15, 0.2) is 0 Å². The number of anilines is 1. The van der Waals surface area contributed by atoms with E-state index in [1.165, 1.54) is 11.3 Å². The Morgan fingerprint density at radius 1 is 1.58 bits per heavy atom. The van der Waals surface area contributed by atoms with Crippen molar-refractivity contribution in [2.24, 2.45) is 0 Å². The molecule has 1 aromatic heterocycles. The highest BCUT2D eigenvalue weighted by molar-refractivity contribution is 7.15. The van der Waals surface area contributed by atoms with Gasteiger partial charge < -0.3 is 4.90 Å².